The van der Waals surface area contributed by atoms with Crippen LogP contribution in [0, 0.1) is 0 Å². The van der Waals surface area contributed by atoms with Gasteiger partial charge in [-0.15, -0.1) is 0 Å². The Balaban J connectivity index is 2.21. The summed E-state index contributed by atoms with van der Waals surface area (Å²) in [5, 5.41) is 7.74. The Kier molecular flexibility index (Phi) is 1.91. The number of hydrogen-bond donors (Lipinski definition) is 1. The van der Waals surface area contributed by atoms with Gasteiger partial charge in [-0.1, -0.05) is 0 Å². The van der Waals surface area contributed by atoms with Crippen LogP contribution < -0.4 is 5.73 Å². The summed E-state index contributed by atoms with van der Waals surface area (Å²) in [7, 11) is 0. The average Bonchev–Trinajstić information content (AvgIpc) is 2.56. The molecule has 4 heteroatoms. The van der Waals surface area contributed by atoms with Crippen molar-refractivity contribution in [2.45, 2.75) is 18.9 Å². The predicted octanol–water partition coefficient (Wildman–Crippen LogP) is 0.910. The van der Waals surface area contributed by atoms with Crippen molar-refractivity contribution in [3.8, 4) is 0 Å². The van der Waals surface area contributed by atoms with Crippen molar-refractivity contribution < 1.29 is 4.74 Å². The Bertz CT molecular complexity index is 271. The van der Waals surface area contributed by atoms with E-state index in [1.54, 1.807) is 6.20 Å². The zero-order valence-corrected chi connectivity index (χ0v) is 6.73. The standard InChI is InChI=1S/C8H11N3O/c9-6-4-7(11-10-5-6)8-2-1-3-12-8/h4-5,8H,1-3H2,(H2,9,11). The lowest BCUT2D eigenvalue weighted by Gasteiger charge is -2.06. The van der Waals surface area contributed by atoms with Crippen LogP contribution in [-0.4, -0.2) is 16.8 Å². The van der Waals surface area contributed by atoms with Gasteiger partial charge >= 0.3 is 0 Å². The minimum Gasteiger partial charge on any atom is -0.397 e. The number of rotatable bonds is 1. The van der Waals surface area contributed by atoms with E-state index in [0.29, 0.717) is 5.69 Å². The van der Waals surface area contributed by atoms with E-state index in [0.717, 1.165) is 25.1 Å². The molecular weight excluding hydrogens is 154 g/mol. The first kappa shape index (κ1) is 7.49. The van der Waals surface area contributed by atoms with E-state index in [1.165, 1.54) is 0 Å². The third-order valence-corrected chi connectivity index (χ3v) is 1.95. The first-order chi connectivity index (χ1) is 5.86. The first-order valence-electron chi connectivity index (χ1n) is 4.06. The van der Waals surface area contributed by atoms with Crippen molar-refractivity contribution in [2.75, 3.05) is 12.3 Å². The maximum absolute atomic E-state index is 5.57. The van der Waals surface area contributed by atoms with Gasteiger partial charge < -0.3 is 10.5 Å². The highest BCUT2D eigenvalue weighted by Gasteiger charge is 2.19. The molecule has 0 aliphatic carbocycles. The minimum absolute atomic E-state index is 0.112. The van der Waals surface area contributed by atoms with Crippen molar-refractivity contribution in [1.29, 1.82) is 0 Å². The average molecular weight is 165 g/mol. The SMILES string of the molecule is Nc1cnnc(C2CCCO2)c1. The molecule has 0 amide bonds. The fourth-order valence-corrected chi connectivity index (χ4v) is 1.37. The second-order valence-electron chi connectivity index (χ2n) is 2.92. The molecule has 1 saturated heterocycles. The number of nitrogen functional groups attached to an aromatic ring is 1. The van der Waals surface area contributed by atoms with E-state index < -0.39 is 0 Å². The van der Waals surface area contributed by atoms with Gasteiger partial charge in [0.05, 0.1) is 17.6 Å². The molecule has 4 nitrogen and oxygen atoms in total. The highest BCUT2D eigenvalue weighted by molar-refractivity contribution is 5.35. The first-order valence-corrected chi connectivity index (χ1v) is 4.06. The van der Waals surface area contributed by atoms with Gasteiger partial charge in [0.25, 0.3) is 0 Å². The number of ether oxygens (including phenoxy) is 1. The van der Waals surface area contributed by atoms with Crippen molar-refractivity contribution in [3.05, 3.63) is 18.0 Å². The van der Waals surface area contributed by atoms with E-state index in [-0.39, 0.29) is 6.10 Å². The van der Waals surface area contributed by atoms with E-state index in [2.05, 4.69) is 10.2 Å². The molecular formula is C8H11N3O. The Morgan fingerprint density at radius 2 is 2.50 bits per heavy atom. The summed E-state index contributed by atoms with van der Waals surface area (Å²) < 4.78 is 5.44. The maximum atomic E-state index is 5.57. The summed E-state index contributed by atoms with van der Waals surface area (Å²) in [5.41, 5.74) is 7.07. The number of aromatic nitrogens is 2. The van der Waals surface area contributed by atoms with Crippen LogP contribution in [0.4, 0.5) is 5.69 Å². The molecule has 0 bridgehead atoms. The number of hydrogen-bond acceptors (Lipinski definition) is 4. The zero-order valence-electron chi connectivity index (χ0n) is 6.73. The maximum Gasteiger partial charge on any atom is 0.101 e. The van der Waals surface area contributed by atoms with Crippen LogP contribution in [0.5, 0.6) is 0 Å². The molecule has 0 spiro atoms. The monoisotopic (exact) mass is 165 g/mol. The topological polar surface area (TPSA) is 61.0 Å². The largest absolute Gasteiger partial charge is 0.397 e. The van der Waals surface area contributed by atoms with E-state index >= 15 is 0 Å². The fourth-order valence-electron chi connectivity index (χ4n) is 1.37. The van der Waals surface area contributed by atoms with Crippen molar-refractivity contribution in [3.63, 3.8) is 0 Å². The summed E-state index contributed by atoms with van der Waals surface area (Å²) >= 11 is 0. The van der Waals surface area contributed by atoms with Crippen LogP contribution in [0.25, 0.3) is 0 Å². The van der Waals surface area contributed by atoms with Crippen LogP contribution in [0.3, 0.4) is 0 Å². The summed E-state index contributed by atoms with van der Waals surface area (Å²) in [6.45, 7) is 0.821. The van der Waals surface area contributed by atoms with Crippen LogP contribution in [-0.2, 0) is 4.74 Å². The van der Waals surface area contributed by atoms with Crippen molar-refractivity contribution in [2.24, 2.45) is 0 Å². The molecule has 1 aromatic rings. The van der Waals surface area contributed by atoms with Gasteiger partial charge in [-0.3, -0.25) is 0 Å². The smallest absolute Gasteiger partial charge is 0.101 e. The second kappa shape index (κ2) is 3.06. The Morgan fingerprint density at radius 3 is 3.17 bits per heavy atom. The molecule has 1 aliphatic heterocycles. The second-order valence-corrected chi connectivity index (χ2v) is 2.92. The lowest BCUT2D eigenvalue weighted by atomic mass is 10.2. The molecule has 0 aromatic carbocycles. The van der Waals surface area contributed by atoms with Crippen LogP contribution in [0.1, 0.15) is 24.6 Å². The Labute approximate surface area is 70.7 Å². The van der Waals surface area contributed by atoms with E-state index in [9.17, 15) is 0 Å². The summed E-state index contributed by atoms with van der Waals surface area (Å²) in [5.74, 6) is 0. The molecule has 0 radical (unpaired) electrons. The Hall–Kier alpha value is -1.16. The molecule has 1 atom stereocenters. The molecule has 2 rings (SSSR count). The van der Waals surface area contributed by atoms with Crippen LogP contribution in [0.15, 0.2) is 12.3 Å². The highest BCUT2D eigenvalue weighted by atomic mass is 16.5. The summed E-state index contributed by atoms with van der Waals surface area (Å²) in [6.07, 6.45) is 3.78. The third kappa shape index (κ3) is 1.38. The molecule has 1 unspecified atom stereocenters. The molecule has 64 valence electrons. The summed E-state index contributed by atoms with van der Waals surface area (Å²) in [6, 6.07) is 1.82. The van der Waals surface area contributed by atoms with Crippen LogP contribution in [0.2, 0.25) is 0 Å². The van der Waals surface area contributed by atoms with Crippen molar-refractivity contribution >= 4 is 5.69 Å². The molecule has 2 N–H and O–H groups in total. The molecule has 0 saturated carbocycles. The van der Waals surface area contributed by atoms with Gasteiger partial charge in [-0.2, -0.15) is 10.2 Å². The summed E-state index contributed by atoms with van der Waals surface area (Å²) in [4.78, 5) is 0. The van der Waals surface area contributed by atoms with Crippen molar-refractivity contribution in [1.82, 2.24) is 10.2 Å². The molecule has 1 aromatic heterocycles. The number of nitrogens with two attached hydrogens (primary N) is 1. The lowest BCUT2D eigenvalue weighted by Crippen LogP contribution is -2.01. The normalized spacial score (nSPS) is 22.8. The van der Waals surface area contributed by atoms with Gasteiger partial charge in [-0.25, -0.2) is 0 Å². The molecule has 2 heterocycles. The van der Waals surface area contributed by atoms with Gasteiger partial charge in [0.2, 0.25) is 0 Å². The lowest BCUT2D eigenvalue weighted by molar-refractivity contribution is 0.108. The van der Waals surface area contributed by atoms with Gasteiger partial charge in [0.1, 0.15) is 6.10 Å². The van der Waals surface area contributed by atoms with E-state index in [4.69, 9.17) is 10.5 Å². The quantitative estimate of drug-likeness (QED) is 0.671. The van der Waals surface area contributed by atoms with Gasteiger partial charge in [0.15, 0.2) is 0 Å². The van der Waals surface area contributed by atoms with Gasteiger partial charge in [0, 0.05) is 6.61 Å². The van der Waals surface area contributed by atoms with Gasteiger partial charge in [-0.05, 0) is 18.9 Å². The number of nitrogens with zero attached hydrogens (tertiary/aromatic N) is 2. The fraction of sp³-hybridized carbons (Fsp3) is 0.500. The van der Waals surface area contributed by atoms with Crippen LogP contribution >= 0.6 is 0 Å². The molecule has 1 aliphatic rings. The molecule has 12 heavy (non-hydrogen) atoms. The number of anilines is 1. The minimum atomic E-state index is 0.112. The Morgan fingerprint density at radius 1 is 1.58 bits per heavy atom. The molecule has 1 fully saturated rings. The zero-order chi connectivity index (χ0) is 8.39. The predicted molar refractivity (Wildman–Crippen MR) is 44.4 cm³/mol. The highest BCUT2D eigenvalue weighted by Crippen LogP contribution is 2.26. The van der Waals surface area contributed by atoms with E-state index in [1.807, 2.05) is 6.07 Å². The third-order valence-electron chi connectivity index (χ3n) is 1.95.